The maximum atomic E-state index is 12.8. The van der Waals surface area contributed by atoms with Gasteiger partial charge in [0.25, 0.3) is 0 Å². The Morgan fingerprint density at radius 3 is 2.54 bits per heavy atom. The van der Waals surface area contributed by atoms with Crippen LogP contribution in [-0.4, -0.2) is 40.9 Å². The minimum atomic E-state index is -0.329. The van der Waals surface area contributed by atoms with E-state index in [4.69, 9.17) is 21.7 Å². The third-order valence-corrected chi connectivity index (χ3v) is 4.23. The molecule has 2 aromatic carbocycles. The summed E-state index contributed by atoms with van der Waals surface area (Å²) < 4.78 is 25.4. The van der Waals surface area contributed by atoms with Crippen molar-refractivity contribution >= 4 is 18.1 Å². The van der Waals surface area contributed by atoms with Crippen LogP contribution in [0, 0.1) is 10.6 Å². The number of halogens is 1. The number of methoxy groups -OCH3 is 1. The highest BCUT2D eigenvalue weighted by molar-refractivity contribution is 7.71. The van der Waals surface area contributed by atoms with Crippen LogP contribution in [-0.2, 0) is 11.3 Å². The molecule has 0 unspecified atom stereocenters. The van der Waals surface area contributed by atoms with Crippen molar-refractivity contribution in [3.63, 3.8) is 0 Å². The lowest BCUT2D eigenvalue weighted by Crippen LogP contribution is -2.31. The molecule has 0 saturated heterocycles. The molecular weight excluding hydrogens is 383 g/mol. The van der Waals surface area contributed by atoms with Gasteiger partial charge in [-0.25, -0.2) is 4.39 Å². The van der Waals surface area contributed by atoms with Gasteiger partial charge >= 0.3 is 0 Å². The van der Waals surface area contributed by atoms with Crippen LogP contribution < -0.4 is 14.8 Å². The van der Waals surface area contributed by atoms with Crippen LogP contribution in [0.15, 0.2) is 48.5 Å². The van der Waals surface area contributed by atoms with E-state index < -0.39 is 0 Å². The van der Waals surface area contributed by atoms with Crippen molar-refractivity contribution < 1.29 is 18.7 Å². The van der Waals surface area contributed by atoms with Gasteiger partial charge in [-0.1, -0.05) is 0 Å². The predicted octanol–water partition coefficient (Wildman–Crippen LogP) is 2.95. The first-order chi connectivity index (χ1) is 13.6. The van der Waals surface area contributed by atoms with Crippen molar-refractivity contribution in [1.29, 1.82) is 0 Å². The van der Waals surface area contributed by atoms with Gasteiger partial charge in [0, 0.05) is 5.56 Å². The van der Waals surface area contributed by atoms with Gasteiger partial charge in [-0.05, 0) is 60.7 Å². The quantitative estimate of drug-likeness (QED) is 0.447. The normalized spacial score (nSPS) is 10.5. The predicted molar refractivity (Wildman–Crippen MR) is 104 cm³/mol. The van der Waals surface area contributed by atoms with E-state index in [1.165, 1.54) is 24.3 Å². The number of amides is 1. The number of benzene rings is 2. The van der Waals surface area contributed by atoms with Gasteiger partial charge in [-0.2, -0.15) is 5.10 Å². The largest absolute Gasteiger partial charge is 0.497 e. The monoisotopic (exact) mass is 402 g/mol. The molecule has 146 valence electrons. The zero-order valence-electron chi connectivity index (χ0n) is 15.1. The molecule has 0 aliphatic heterocycles. The van der Waals surface area contributed by atoms with E-state index in [-0.39, 0.29) is 24.9 Å². The number of carbonyl (C=O) groups excluding carboxylic acids is 1. The van der Waals surface area contributed by atoms with Gasteiger partial charge in [0.05, 0.1) is 13.7 Å². The molecule has 7 nitrogen and oxygen atoms in total. The third-order valence-electron chi connectivity index (χ3n) is 3.91. The first kappa shape index (κ1) is 19.6. The fourth-order valence-corrected chi connectivity index (χ4v) is 2.71. The van der Waals surface area contributed by atoms with Gasteiger partial charge in [0.15, 0.2) is 10.6 Å². The van der Waals surface area contributed by atoms with E-state index in [9.17, 15) is 9.18 Å². The number of hydrogen-bond acceptors (Lipinski definition) is 5. The number of ether oxygens (including phenoxy) is 2. The number of aromatic amines is 1. The zero-order chi connectivity index (χ0) is 19.9. The SMILES string of the molecule is COc1ccc(-c2n[nH]c(=S)n2CC(=O)NCCOc2ccc(F)cc2)cc1. The van der Waals surface area contributed by atoms with Gasteiger partial charge in [-0.15, -0.1) is 0 Å². The van der Waals surface area contributed by atoms with E-state index >= 15 is 0 Å². The molecule has 3 aromatic rings. The molecule has 0 spiro atoms. The van der Waals surface area contributed by atoms with Crippen molar-refractivity contribution in [2.24, 2.45) is 0 Å². The van der Waals surface area contributed by atoms with E-state index in [1.807, 2.05) is 24.3 Å². The smallest absolute Gasteiger partial charge is 0.240 e. The lowest BCUT2D eigenvalue weighted by molar-refractivity contribution is -0.121. The summed E-state index contributed by atoms with van der Waals surface area (Å²) in [5.74, 6) is 1.27. The standard InChI is InChI=1S/C19H19FN4O3S/c1-26-15-6-2-13(3-7-15)18-22-23-19(28)24(18)12-17(25)21-10-11-27-16-8-4-14(20)5-9-16/h2-9H,10-12H2,1H3,(H,21,25)(H,23,28). The molecule has 2 N–H and O–H groups in total. The molecule has 0 atom stereocenters. The highest BCUT2D eigenvalue weighted by Gasteiger charge is 2.12. The Bertz CT molecular complexity index is 984. The number of hydrogen-bond donors (Lipinski definition) is 2. The van der Waals surface area contributed by atoms with Crippen molar-refractivity contribution in [2.75, 3.05) is 20.3 Å². The summed E-state index contributed by atoms with van der Waals surface area (Å²) in [5, 5.41) is 9.68. The summed E-state index contributed by atoms with van der Waals surface area (Å²) in [6, 6.07) is 13.0. The molecule has 28 heavy (non-hydrogen) atoms. The molecule has 0 bridgehead atoms. The second-order valence-corrected chi connectivity index (χ2v) is 6.21. The molecule has 1 amide bonds. The summed E-state index contributed by atoms with van der Waals surface area (Å²) in [5.41, 5.74) is 0.806. The highest BCUT2D eigenvalue weighted by Crippen LogP contribution is 2.20. The molecule has 9 heteroatoms. The average Bonchev–Trinajstić information content (AvgIpc) is 3.07. The van der Waals surface area contributed by atoms with E-state index in [0.29, 0.717) is 22.9 Å². The highest BCUT2D eigenvalue weighted by atomic mass is 32.1. The second kappa shape index (κ2) is 9.14. The summed E-state index contributed by atoms with van der Waals surface area (Å²) in [6.45, 7) is 0.589. The lowest BCUT2D eigenvalue weighted by Gasteiger charge is -2.10. The zero-order valence-corrected chi connectivity index (χ0v) is 16.0. The third kappa shape index (κ3) is 4.95. The Labute approximate surface area is 166 Å². The molecule has 0 saturated carbocycles. The fraction of sp³-hybridized carbons (Fsp3) is 0.211. The minimum absolute atomic E-state index is 0.0211. The van der Waals surface area contributed by atoms with Crippen molar-refractivity contribution in [3.8, 4) is 22.9 Å². The number of nitrogens with zero attached hydrogens (tertiary/aromatic N) is 2. The Hall–Kier alpha value is -3.20. The number of carbonyl (C=O) groups is 1. The van der Waals surface area contributed by atoms with Crippen LogP contribution in [0.4, 0.5) is 4.39 Å². The van der Waals surface area contributed by atoms with Crippen LogP contribution in [0.2, 0.25) is 0 Å². The first-order valence-corrected chi connectivity index (χ1v) is 8.92. The molecule has 0 radical (unpaired) electrons. The Kier molecular flexibility index (Phi) is 6.38. The molecule has 1 heterocycles. The van der Waals surface area contributed by atoms with E-state index in [0.717, 1.165) is 11.3 Å². The van der Waals surface area contributed by atoms with Crippen LogP contribution in [0.3, 0.4) is 0 Å². The van der Waals surface area contributed by atoms with Crippen molar-refractivity contribution in [1.82, 2.24) is 20.1 Å². The number of rotatable bonds is 8. The molecule has 1 aromatic heterocycles. The Balaban J connectivity index is 1.55. The van der Waals surface area contributed by atoms with Crippen molar-refractivity contribution in [2.45, 2.75) is 6.54 Å². The van der Waals surface area contributed by atoms with Crippen molar-refractivity contribution in [3.05, 3.63) is 59.1 Å². The summed E-state index contributed by atoms with van der Waals surface area (Å²) in [7, 11) is 1.59. The second-order valence-electron chi connectivity index (χ2n) is 5.82. The molecule has 0 aliphatic rings. The average molecular weight is 402 g/mol. The maximum absolute atomic E-state index is 12.8. The molecule has 3 rings (SSSR count). The van der Waals surface area contributed by atoms with E-state index in [1.54, 1.807) is 11.7 Å². The van der Waals surface area contributed by atoms with E-state index in [2.05, 4.69) is 15.5 Å². The number of H-pyrrole nitrogens is 1. The van der Waals surface area contributed by atoms with Crippen LogP contribution in [0.5, 0.6) is 11.5 Å². The van der Waals surface area contributed by atoms with Crippen LogP contribution in [0.25, 0.3) is 11.4 Å². The summed E-state index contributed by atoms with van der Waals surface area (Å²) >= 11 is 5.23. The maximum Gasteiger partial charge on any atom is 0.240 e. The topological polar surface area (TPSA) is 81.2 Å². The van der Waals surface area contributed by atoms with Crippen LogP contribution in [0.1, 0.15) is 0 Å². The van der Waals surface area contributed by atoms with Gasteiger partial charge in [0.1, 0.15) is 30.5 Å². The minimum Gasteiger partial charge on any atom is -0.497 e. The number of aromatic nitrogens is 3. The summed E-state index contributed by atoms with van der Waals surface area (Å²) in [6.07, 6.45) is 0. The van der Waals surface area contributed by atoms with Gasteiger partial charge in [-0.3, -0.25) is 14.5 Å². The van der Waals surface area contributed by atoms with Crippen LogP contribution >= 0.6 is 12.2 Å². The molecule has 0 fully saturated rings. The molecule has 0 aliphatic carbocycles. The lowest BCUT2D eigenvalue weighted by atomic mass is 10.2. The first-order valence-electron chi connectivity index (χ1n) is 8.51. The summed E-state index contributed by atoms with van der Waals surface area (Å²) in [4.78, 5) is 12.3. The fourth-order valence-electron chi connectivity index (χ4n) is 2.51. The van der Waals surface area contributed by atoms with Gasteiger partial charge in [0.2, 0.25) is 5.91 Å². The molecular formula is C19H19FN4O3S. The number of nitrogens with one attached hydrogen (secondary N) is 2. The Morgan fingerprint density at radius 2 is 1.86 bits per heavy atom. The van der Waals surface area contributed by atoms with Gasteiger partial charge < -0.3 is 14.8 Å². The Morgan fingerprint density at radius 1 is 1.18 bits per heavy atom.